The summed E-state index contributed by atoms with van der Waals surface area (Å²) in [5.74, 6) is -0.945. The number of sulfonamides is 1. The number of nitrogens with two attached hydrogens (primary N) is 1. The van der Waals surface area contributed by atoms with Crippen LogP contribution in [0.1, 0.15) is 0 Å². The van der Waals surface area contributed by atoms with Gasteiger partial charge in [0.05, 0.1) is 5.69 Å². The first kappa shape index (κ1) is 15.9. The second kappa shape index (κ2) is 6.88. The van der Waals surface area contributed by atoms with Gasteiger partial charge >= 0.3 is 0 Å². The number of hydrogen-bond acceptors (Lipinski definition) is 4. The topological polar surface area (TPSA) is 72.2 Å². The standard InChI is InChI=1S/C11H14F2N2O2S2/c1-2-4-18-5-3-15-19(16,17)11-7-10(14)8(12)6-9(11)13/h2,6-7,15H,1,3-5,14H2. The largest absolute Gasteiger partial charge is 0.396 e. The van der Waals surface area contributed by atoms with Gasteiger partial charge in [-0.3, -0.25) is 0 Å². The fraction of sp³-hybridized carbons (Fsp3) is 0.273. The lowest BCUT2D eigenvalue weighted by molar-refractivity contribution is 0.546. The Bertz CT molecular complexity index is 562. The van der Waals surface area contributed by atoms with Gasteiger partial charge in [-0.25, -0.2) is 21.9 Å². The van der Waals surface area contributed by atoms with Crippen molar-refractivity contribution >= 4 is 27.5 Å². The van der Waals surface area contributed by atoms with Gasteiger partial charge in [0.2, 0.25) is 10.0 Å². The SMILES string of the molecule is C=CCSCCNS(=O)(=O)c1cc(N)c(F)cc1F. The van der Waals surface area contributed by atoms with E-state index in [1.54, 1.807) is 6.08 Å². The summed E-state index contributed by atoms with van der Waals surface area (Å²) in [6.07, 6.45) is 1.69. The Balaban J connectivity index is 2.77. The van der Waals surface area contributed by atoms with Gasteiger partial charge in [0.25, 0.3) is 0 Å². The Hall–Kier alpha value is -1.12. The molecule has 0 saturated carbocycles. The van der Waals surface area contributed by atoms with Crippen LogP contribution in [-0.4, -0.2) is 26.5 Å². The maximum atomic E-state index is 13.4. The third-order valence-electron chi connectivity index (χ3n) is 2.11. The molecule has 106 valence electrons. The van der Waals surface area contributed by atoms with Gasteiger partial charge in [-0.2, -0.15) is 11.8 Å². The number of rotatable bonds is 7. The minimum Gasteiger partial charge on any atom is -0.396 e. The Morgan fingerprint density at radius 3 is 2.68 bits per heavy atom. The molecule has 4 nitrogen and oxygen atoms in total. The van der Waals surface area contributed by atoms with Crippen LogP contribution in [-0.2, 0) is 10.0 Å². The smallest absolute Gasteiger partial charge is 0.243 e. The van der Waals surface area contributed by atoms with Gasteiger partial charge in [-0.15, -0.1) is 6.58 Å². The van der Waals surface area contributed by atoms with Gasteiger partial charge in [-0.1, -0.05) is 6.08 Å². The van der Waals surface area contributed by atoms with E-state index in [4.69, 9.17) is 5.73 Å². The Morgan fingerprint density at radius 2 is 2.05 bits per heavy atom. The molecule has 3 N–H and O–H groups in total. The number of hydrogen-bond donors (Lipinski definition) is 2. The van der Waals surface area contributed by atoms with Crippen LogP contribution in [0.5, 0.6) is 0 Å². The molecule has 8 heteroatoms. The molecule has 0 spiro atoms. The summed E-state index contributed by atoms with van der Waals surface area (Å²) in [5.41, 5.74) is 4.82. The maximum absolute atomic E-state index is 13.4. The first-order valence-corrected chi connectivity index (χ1v) is 7.95. The quantitative estimate of drug-likeness (QED) is 0.457. The molecular formula is C11H14F2N2O2S2. The first-order chi connectivity index (χ1) is 8.88. The molecule has 0 aliphatic carbocycles. The van der Waals surface area contributed by atoms with E-state index in [1.807, 2.05) is 0 Å². The molecule has 1 rings (SSSR count). The normalized spacial score (nSPS) is 11.5. The van der Waals surface area contributed by atoms with Crippen molar-refractivity contribution < 1.29 is 17.2 Å². The predicted molar refractivity (Wildman–Crippen MR) is 73.5 cm³/mol. The summed E-state index contributed by atoms with van der Waals surface area (Å²) in [4.78, 5) is -0.653. The molecule has 0 heterocycles. The monoisotopic (exact) mass is 308 g/mol. The van der Waals surface area contributed by atoms with Crippen molar-refractivity contribution in [3.63, 3.8) is 0 Å². The molecule has 0 aliphatic heterocycles. The molecule has 19 heavy (non-hydrogen) atoms. The van der Waals surface area contributed by atoms with Gasteiger partial charge in [0, 0.05) is 24.1 Å². The van der Waals surface area contributed by atoms with E-state index in [1.165, 1.54) is 11.8 Å². The van der Waals surface area contributed by atoms with Crippen molar-refractivity contribution in [1.29, 1.82) is 0 Å². The van der Waals surface area contributed by atoms with Crippen LogP contribution < -0.4 is 10.5 Å². The molecular weight excluding hydrogens is 294 g/mol. The highest BCUT2D eigenvalue weighted by molar-refractivity contribution is 7.99. The van der Waals surface area contributed by atoms with E-state index >= 15 is 0 Å². The first-order valence-electron chi connectivity index (χ1n) is 5.31. The fourth-order valence-corrected chi connectivity index (χ4v) is 3.08. The summed E-state index contributed by atoms with van der Waals surface area (Å²) in [7, 11) is -4.03. The van der Waals surface area contributed by atoms with Crippen LogP contribution in [0, 0.1) is 11.6 Å². The third-order valence-corrected chi connectivity index (χ3v) is 4.56. The molecule has 0 aromatic heterocycles. The van der Waals surface area contributed by atoms with E-state index in [0.717, 1.165) is 6.07 Å². The average Bonchev–Trinajstić information content (AvgIpc) is 2.33. The second-order valence-electron chi connectivity index (χ2n) is 3.57. The van der Waals surface area contributed by atoms with Crippen molar-refractivity contribution in [2.24, 2.45) is 0 Å². The summed E-state index contributed by atoms with van der Waals surface area (Å²) < 4.78 is 52.2. The van der Waals surface area contributed by atoms with Crippen molar-refractivity contribution in [3.8, 4) is 0 Å². The number of benzene rings is 1. The minimum absolute atomic E-state index is 0.136. The number of nitrogen functional groups attached to an aromatic ring is 1. The summed E-state index contributed by atoms with van der Waals surface area (Å²) in [6.45, 7) is 3.66. The van der Waals surface area contributed by atoms with Crippen LogP contribution in [0.3, 0.4) is 0 Å². The number of nitrogens with one attached hydrogen (secondary N) is 1. The zero-order valence-corrected chi connectivity index (χ0v) is 11.7. The lowest BCUT2D eigenvalue weighted by atomic mass is 10.3. The van der Waals surface area contributed by atoms with Gasteiger partial charge in [0.1, 0.15) is 16.5 Å². The van der Waals surface area contributed by atoms with Gasteiger partial charge in [-0.05, 0) is 6.07 Å². The van der Waals surface area contributed by atoms with Gasteiger partial charge < -0.3 is 5.73 Å². The molecule has 0 fully saturated rings. The zero-order chi connectivity index (χ0) is 14.5. The molecule has 1 aromatic carbocycles. The Labute approximate surface area is 115 Å². The molecule has 0 saturated heterocycles. The predicted octanol–water partition coefficient (Wildman–Crippen LogP) is 1.74. The van der Waals surface area contributed by atoms with E-state index < -0.39 is 32.2 Å². The highest BCUT2D eigenvalue weighted by atomic mass is 32.2. The molecule has 0 aliphatic rings. The molecule has 0 amide bonds. The Morgan fingerprint density at radius 1 is 1.37 bits per heavy atom. The molecule has 0 radical (unpaired) electrons. The number of halogens is 2. The van der Waals surface area contributed by atoms with E-state index in [-0.39, 0.29) is 6.54 Å². The second-order valence-corrected chi connectivity index (χ2v) is 6.45. The van der Waals surface area contributed by atoms with Crippen molar-refractivity contribution in [2.45, 2.75) is 4.90 Å². The fourth-order valence-electron chi connectivity index (χ4n) is 1.24. The zero-order valence-electron chi connectivity index (χ0n) is 10.0. The Kier molecular flexibility index (Phi) is 5.77. The maximum Gasteiger partial charge on any atom is 0.243 e. The molecule has 0 atom stereocenters. The van der Waals surface area contributed by atoms with Crippen LogP contribution >= 0.6 is 11.8 Å². The summed E-state index contributed by atoms with van der Waals surface area (Å²) in [5, 5.41) is 0. The van der Waals surface area contributed by atoms with Crippen LogP contribution in [0.4, 0.5) is 14.5 Å². The van der Waals surface area contributed by atoms with Crippen LogP contribution in [0.2, 0.25) is 0 Å². The van der Waals surface area contributed by atoms with E-state index in [0.29, 0.717) is 17.6 Å². The molecule has 1 aromatic rings. The highest BCUT2D eigenvalue weighted by Crippen LogP contribution is 2.20. The highest BCUT2D eigenvalue weighted by Gasteiger charge is 2.20. The lowest BCUT2D eigenvalue weighted by Gasteiger charge is -2.08. The summed E-state index contributed by atoms with van der Waals surface area (Å²) >= 11 is 1.48. The minimum atomic E-state index is -4.03. The van der Waals surface area contributed by atoms with Crippen LogP contribution in [0.25, 0.3) is 0 Å². The van der Waals surface area contributed by atoms with Crippen molar-refractivity contribution in [1.82, 2.24) is 4.72 Å². The molecule has 0 bridgehead atoms. The van der Waals surface area contributed by atoms with Crippen molar-refractivity contribution in [3.05, 3.63) is 36.4 Å². The van der Waals surface area contributed by atoms with Gasteiger partial charge in [0.15, 0.2) is 0 Å². The average molecular weight is 308 g/mol. The van der Waals surface area contributed by atoms with E-state index in [9.17, 15) is 17.2 Å². The number of thioether (sulfide) groups is 1. The van der Waals surface area contributed by atoms with Crippen LogP contribution in [0.15, 0.2) is 29.7 Å². The van der Waals surface area contributed by atoms with Crippen molar-refractivity contribution in [2.75, 3.05) is 23.8 Å². The number of anilines is 1. The lowest BCUT2D eigenvalue weighted by Crippen LogP contribution is -2.27. The summed E-state index contributed by atoms with van der Waals surface area (Å²) in [6, 6.07) is 1.22. The third kappa shape index (κ3) is 4.48. The molecule has 0 unspecified atom stereocenters. The van der Waals surface area contributed by atoms with E-state index in [2.05, 4.69) is 11.3 Å².